The van der Waals surface area contributed by atoms with Crippen LogP contribution in [0.15, 0.2) is 22.9 Å². The second-order valence-corrected chi connectivity index (χ2v) is 6.70. The van der Waals surface area contributed by atoms with E-state index in [0.717, 1.165) is 22.9 Å². The molecule has 0 aromatic rings. The molecule has 16 heavy (non-hydrogen) atoms. The van der Waals surface area contributed by atoms with Gasteiger partial charge in [0.1, 0.15) is 0 Å². The van der Waals surface area contributed by atoms with Crippen molar-refractivity contribution in [1.29, 1.82) is 0 Å². The minimum atomic E-state index is 0.00329. The molecule has 0 aromatic heterocycles. The van der Waals surface area contributed by atoms with Gasteiger partial charge in [-0.2, -0.15) is 0 Å². The summed E-state index contributed by atoms with van der Waals surface area (Å²) in [5.74, 6) is 1.78. The van der Waals surface area contributed by atoms with Gasteiger partial charge in [-0.15, -0.1) is 5.70 Å². The Morgan fingerprint density at radius 3 is 1.69 bits per heavy atom. The van der Waals surface area contributed by atoms with E-state index in [4.69, 9.17) is 4.74 Å². The first-order valence-corrected chi connectivity index (χ1v) is 5.86. The molecule has 0 saturated heterocycles. The molecule has 0 fully saturated rings. The number of nitrogens with zero attached hydrogens (tertiary/aromatic N) is 1. The Balaban J connectivity index is 3.21. The van der Waals surface area contributed by atoms with E-state index in [0.29, 0.717) is 0 Å². The van der Waals surface area contributed by atoms with Crippen LogP contribution in [0.3, 0.4) is 0 Å². The maximum absolute atomic E-state index is 5.92. The molecule has 92 valence electrons. The molecular formula is C14H24NO-. The maximum Gasteiger partial charge on any atom is 0.0887 e. The van der Waals surface area contributed by atoms with Crippen molar-refractivity contribution in [2.24, 2.45) is 10.8 Å². The summed E-state index contributed by atoms with van der Waals surface area (Å²) >= 11 is 0. The fraction of sp³-hybridized carbons (Fsp3) is 0.714. The fourth-order valence-electron chi connectivity index (χ4n) is 1.55. The van der Waals surface area contributed by atoms with Crippen LogP contribution in [0.4, 0.5) is 0 Å². The van der Waals surface area contributed by atoms with E-state index in [9.17, 15) is 0 Å². The third kappa shape index (κ3) is 2.60. The number of hydrogen-bond acceptors (Lipinski definition) is 1. The highest BCUT2D eigenvalue weighted by Gasteiger charge is 2.28. The lowest BCUT2D eigenvalue weighted by Crippen LogP contribution is -2.16. The Bertz CT molecular complexity index is 316. The zero-order valence-electron chi connectivity index (χ0n) is 11.9. The minimum Gasteiger partial charge on any atom is -0.627 e. The number of hydrogen-bond donors (Lipinski definition) is 0. The molecule has 0 aliphatic carbocycles. The van der Waals surface area contributed by atoms with E-state index in [1.807, 2.05) is 13.8 Å². The number of rotatable bonds is 0. The lowest BCUT2D eigenvalue weighted by atomic mass is 9.84. The van der Waals surface area contributed by atoms with Crippen molar-refractivity contribution in [3.05, 3.63) is 28.2 Å². The normalized spacial score (nSPS) is 17.4. The van der Waals surface area contributed by atoms with Gasteiger partial charge in [0.25, 0.3) is 0 Å². The molecule has 2 heteroatoms. The van der Waals surface area contributed by atoms with Gasteiger partial charge in [0, 0.05) is 11.3 Å². The van der Waals surface area contributed by atoms with Gasteiger partial charge in [0.2, 0.25) is 0 Å². The monoisotopic (exact) mass is 222 g/mol. The van der Waals surface area contributed by atoms with Gasteiger partial charge in [0.15, 0.2) is 0 Å². The maximum atomic E-state index is 5.92. The number of allylic oxidation sites excluding steroid dienone is 3. The Morgan fingerprint density at radius 1 is 0.938 bits per heavy atom. The minimum absolute atomic E-state index is 0.00329. The Labute approximate surface area is 99.8 Å². The van der Waals surface area contributed by atoms with Gasteiger partial charge in [-0.1, -0.05) is 47.1 Å². The topological polar surface area (TPSA) is 23.3 Å². The van der Waals surface area contributed by atoms with Gasteiger partial charge in [-0.05, 0) is 19.3 Å². The van der Waals surface area contributed by atoms with Crippen LogP contribution in [0.2, 0.25) is 0 Å². The van der Waals surface area contributed by atoms with Crippen LogP contribution in [0.25, 0.3) is 5.32 Å². The summed E-state index contributed by atoms with van der Waals surface area (Å²) < 4.78 is 5.92. The molecule has 2 nitrogen and oxygen atoms in total. The summed E-state index contributed by atoms with van der Waals surface area (Å²) in [6.07, 6.45) is 0. The molecule has 0 aromatic carbocycles. The first-order chi connectivity index (χ1) is 7.03. The fourth-order valence-corrected chi connectivity index (χ4v) is 1.55. The van der Waals surface area contributed by atoms with E-state index in [1.165, 1.54) is 0 Å². The van der Waals surface area contributed by atoms with Crippen LogP contribution in [-0.4, -0.2) is 0 Å². The van der Waals surface area contributed by atoms with Crippen molar-refractivity contribution in [2.75, 3.05) is 0 Å². The van der Waals surface area contributed by atoms with E-state index in [1.54, 1.807) is 0 Å². The highest BCUT2D eigenvalue weighted by atomic mass is 16.5. The smallest absolute Gasteiger partial charge is 0.0887 e. The Morgan fingerprint density at radius 2 is 1.44 bits per heavy atom. The largest absolute Gasteiger partial charge is 0.627 e. The summed E-state index contributed by atoms with van der Waals surface area (Å²) in [5.41, 5.74) is 2.24. The molecule has 0 saturated carbocycles. The average molecular weight is 222 g/mol. The van der Waals surface area contributed by atoms with Crippen molar-refractivity contribution in [2.45, 2.75) is 55.4 Å². The molecule has 0 atom stereocenters. The van der Waals surface area contributed by atoms with Crippen molar-refractivity contribution in [3.63, 3.8) is 0 Å². The molecule has 0 radical (unpaired) electrons. The van der Waals surface area contributed by atoms with E-state index >= 15 is 0 Å². The van der Waals surface area contributed by atoms with Crippen LogP contribution in [0, 0.1) is 10.8 Å². The van der Waals surface area contributed by atoms with Gasteiger partial charge in [-0.25, -0.2) is 0 Å². The standard InChI is InChI=1S/C14H24NO/c1-9(2)12-15-10(13(3,4)5)11(16-12)14(6,7)8/h1-8H3/q-1. The summed E-state index contributed by atoms with van der Waals surface area (Å²) in [6.45, 7) is 17.1. The summed E-state index contributed by atoms with van der Waals surface area (Å²) in [4.78, 5) is 0. The van der Waals surface area contributed by atoms with Crippen LogP contribution in [-0.2, 0) is 4.74 Å². The van der Waals surface area contributed by atoms with E-state index in [-0.39, 0.29) is 10.8 Å². The third-order valence-electron chi connectivity index (χ3n) is 2.45. The lowest BCUT2D eigenvalue weighted by Gasteiger charge is -2.33. The average Bonchev–Trinajstić information content (AvgIpc) is 2.44. The molecule has 0 amide bonds. The molecule has 1 heterocycles. The SMILES string of the molecule is CC(C)=C1[N-]C(C(C)(C)C)=C(C(C)(C)C)O1. The van der Waals surface area contributed by atoms with Gasteiger partial charge in [0.05, 0.1) is 5.76 Å². The first-order valence-electron chi connectivity index (χ1n) is 5.86. The van der Waals surface area contributed by atoms with E-state index in [2.05, 4.69) is 46.9 Å². The highest BCUT2D eigenvalue weighted by Crippen LogP contribution is 2.48. The van der Waals surface area contributed by atoms with E-state index < -0.39 is 0 Å². The quantitative estimate of drug-likeness (QED) is 0.569. The lowest BCUT2D eigenvalue weighted by molar-refractivity contribution is 0.230. The zero-order chi connectivity index (χ0) is 12.7. The highest BCUT2D eigenvalue weighted by molar-refractivity contribution is 5.44. The molecule has 0 bridgehead atoms. The van der Waals surface area contributed by atoms with Crippen molar-refractivity contribution >= 4 is 0 Å². The second-order valence-electron chi connectivity index (χ2n) is 6.70. The predicted molar refractivity (Wildman–Crippen MR) is 68.8 cm³/mol. The van der Waals surface area contributed by atoms with Gasteiger partial charge >= 0.3 is 0 Å². The number of ether oxygens (including phenoxy) is 1. The first kappa shape index (κ1) is 13.1. The third-order valence-corrected chi connectivity index (χ3v) is 2.45. The van der Waals surface area contributed by atoms with Gasteiger partial charge in [-0.3, -0.25) is 0 Å². The van der Waals surface area contributed by atoms with Crippen molar-refractivity contribution < 1.29 is 4.74 Å². The zero-order valence-corrected chi connectivity index (χ0v) is 11.9. The summed E-state index contributed by atoms with van der Waals surface area (Å²) in [6, 6.07) is 0. The molecule has 0 unspecified atom stereocenters. The van der Waals surface area contributed by atoms with Gasteiger partial charge < -0.3 is 10.1 Å². The van der Waals surface area contributed by atoms with Crippen molar-refractivity contribution in [3.8, 4) is 0 Å². The van der Waals surface area contributed by atoms with Crippen LogP contribution in [0.1, 0.15) is 55.4 Å². The van der Waals surface area contributed by atoms with Crippen LogP contribution >= 0.6 is 0 Å². The molecular weight excluding hydrogens is 198 g/mol. The molecule has 0 N–H and O–H groups in total. The van der Waals surface area contributed by atoms with Crippen LogP contribution < -0.4 is 0 Å². The predicted octanol–water partition coefficient (Wildman–Crippen LogP) is 4.95. The molecule has 0 spiro atoms. The summed E-state index contributed by atoms with van der Waals surface area (Å²) in [7, 11) is 0. The van der Waals surface area contributed by atoms with Crippen LogP contribution in [0.5, 0.6) is 0 Å². The Kier molecular flexibility index (Phi) is 3.15. The second kappa shape index (κ2) is 3.83. The molecule has 1 rings (SSSR count). The molecule has 1 aliphatic rings. The molecule has 1 aliphatic heterocycles. The Hall–Kier alpha value is -0.920. The summed E-state index contributed by atoms with van der Waals surface area (Å²) in [5, 5.41) is 4.64. The van der Waals surface area contributed by atoms with Crippen molar-refractivity contribution in [1.82, 2.24) is 0 Å².